The van der Waals surface area contributed by atoms with E-state index in [1.807, 2.05) is 71.9 Å². The summed E-state index contributed by atoms with van der Waals surface area (Å²) in [5, 5.41) is 6.96. The van der Waals surface area contributed by atoms with Gasteiger partial charge < -0.3 is 9.84 Å². The predicted octanol–water partition coefficient (Wildman–Crippen LogP) is 5.48. The van der Waals surface area contributed by atoms with Gasteiger partial charge in [0, 0.05) is 23.1 Å². The average molecular weight is 330 g/mol. The molecule has 4 heteroatoms. The lowest BCUT2D eigenvalue weighted by molar-refractivity contribution is -0.123. The molecule has 0 aliphatic heterocycles. The smallest absolute Gasteiger partial charge is 0.228 e. The standard InChI is InChI=1S/C16H18N2O2.2C2H6/c1-10-11(2)18-20-15(10)13-8-9-14(13)16(19)17-12-6-4-3-5-7-12;2*1-2/h3-7,13-14H,8-9H2,1-2H3,(H,17,19);2*1-2H3/t13-,14-;;/m0../s1. The maximum absolute atomic E-state index is 12.3. The molecule has 1 amide bonds. The number of aryl methyl sites for hydroxylation is 1. The summed E-state index contributed by atoms with van der Waals surface area (Å²) in [6.07, 6.45) is 1.89. The zero-order chi connectivity index (χ0) is 18.1. The van der Waals surface area contributed by atoms with Crippen LogP contribution in [0.5, 0.6) is 0 Å². The molecule has 0 unspecified atom stereocenters. The van der Waals surface area contributed by atoms with Gasteiger partial charge in [-0.25, -0.2) is 0 Å². The lowest BCUT2D eigenvalue weighted by Gasteiger charge is -2.33. The number of carbonyl (C=O) groups is 1. The van der Waals surface area contributed by atoms with E-state index in [4.69, 9.17) is 4.52 Å². The number of para-hydroxylation sites is 1. The number of amides is 1. The first-order valence-electron chi connectivity index (χ1n) is 8.95. The van der Waals surface area contributed by atoms with Crippen LogP contribution < -0.4 is 5.32 Å². The zero-order valence-corrected chi connectivity index (χ0v) is 15.7. The highest BCUT2D eigenvalue weighted by Crippen LogP contribution is 2.44. The fourth-order valence-electron chi connectivity index (χ4n) is 2.66. The minimum atomic E-state index is -0.0127. The van der Waals surface area contributed by atoms with Crippen LogP contribution in [-0.2, 0) is 4.79 Å². The molecule has 1 aromatic carbocycles. The monoisotopic (exact) mass is 330 g/mol. The normalized spacial score (nSPS) is 18.2. The van der Waals surface area contributed by atoms with Crippen molar-refractivity contribution in [2.45, 2.75) is 60.3 Å². The van der Waals surface area contributed by atoms with E-state index in [0.29, 0.717) is 0 Å². The Morgan fingerprint density at radius 2 is 1.71 bits per heavy atom. The number of hydrogen-bond donors (Lipinski definition) is 1. The predicted molar refractivity (Wildman–Crippen MR) is 99.2 cm³/mol. The number of carbonyl (C=O) groups excluding carboxylic acids is 1. The molecule has 4 nitrogen and oxygen atoms in total. The van der Waals surface area contributed by atoms with Crippen LogP contribution in [0.4, 0.5) is 5.69 Å². The third-order valence-electron chi connectivity index (χ3n) is 4.18. The van der Waals surface area contributed by atoms with Crippen molar-refractivity contribution in [3.05, 3.63) is 47.3 Å². The summed E-state index contributed by atoms with van der Waals surface area (Å²) in [4.78, 5) is 12.3. The van der Waals surface area contributed by atoms with E-state index >= 15 is 0 Å². The van der Waals surface area contributed by atoms with Crippen LogP contribution in [0.3, 0.4) is 0 Å². The molecule has 1 N–H and O–H groups in total. The van der Waals surface area contributed by atoms with E-state index < -0.39 is 0 Å². The van der Waals surface area contributed by atoms with Gasteiger partial charge in [0.2, 0.25) is 5.91 Å². The quantitative estimate of drug-likeness (QED) is 0.811. The first-order chi connectivity index (χ1) is 11.7. The molecular formula is C20H30N2O2. The number of aromatic nitrogens is 1. The lowest BCUT2D eigenvalue weighted by Crippen LogP contribution is -2.35. The van der Waals surface area contributed by atoms with Crippen molar-refractivity contribution < 1.29 is 9.32 Å². The molecule has 0 spiro atoms. The highest BCUT2D eigenvalue weighted by molar-refractivity contribution is 5.93. The van der Waals surface area contributed by atoms with E-state index in [-0.39, 0.29) is 17.7 Å². The van der Waals surface area contributed by atoms with Gasteiger partial charge in [-0.2, -0.15) is 0 Å². The summed E-state index contributed by atoms with van der Waals surface area (Å²) in [6, 6.07) is 9.56. The number of nitrogens with zero attached hydrogens (tertiary/aromatic N) is 1. The topological polar surface area (TPSA) is 55.1 Å². The molecule has 1 aliphatic carbocycles. The highest BCUT2D eigenvalue weighted by Gasteiger charge is 2.41. The first kappa shape index (κ1) is 19.9. The molecule has 132 valence electrons. The molecule has 0 saturated heterocycles. The van der Waals surface area contributed by atoms with E-state index in [9.17, 15) is 4.79 Å². The number of rotatable bonds is 3. The van der Waals surface area contributed by atoms with Crippen molar-refractivity contribution in [2.24, 2.45) is 5.92 Å². The third-order valence-corrected chi connectivity index (χ3v) is 4.18. The Balaban J connectivity index is 0.000000671. The van der Waals surface area contributed by atoms with Crippen LogP contribution in [0.1, 0.15) is 63.5 Å². The fourth-order valence-corrected chi connectivity index (χ4v) is 2.66. The summed E-state index contributed by atoms with van der Waals surface area (Å²) < 4.78 is 5.40. The molecule has 1 fully saturated rings. The van der Waals surface area contributed by atoms with E-state index in [1.165, 1.54) is 0 Å². The largest absolute Gasteiger partial charge is 0.361 e. The van der Waals surface area contributed by atoms with E-state index in [0.717, 1.165) is 35.5 Å². The molecule has 24 heavy (non-hydrogen) atoms. The SMILES string of the molecule is CC.CC.Cc1noc([C@H]2CC[C@@H]2C(=O)Nc2ccccc2)c1C. The van der Waals surface area contributed by atoms with Crippen molar-refractivity contribution in [3.63, 3.8) is 0 Å². The first-order valence-corrected chi connectivity index (χ1v) is 8.95. The third kappa shape index (κ3) is 4.47. The Labute approximate surface area is 145 Å². The summed E-state index contributed by atoms with van der Waals surface area (Å²) in [5.74, 6) is 1.10. The van der Waals surface area contributed by atoms with Crippen LogP contribution in [0.2, 0.25) is 0 Å². The van der Waals surface area contributed by atoms with Crippen LogP contribution in [0.15, 0.2) is 34.9 Å². The van der Waals surface area contributed by atoms with Gasteiger partial charge in [-0.05, 0) is 38.8 Å². The molecule has 1 aliphatic rings. The number of nitrogens with one attached hydrogen (secondary N) is 1. The Morgan fingerprint density at radius 1 is 1.08 bits per heavy atom. The second kappa shape index (κ2) is 9.91. The van der Waals surface area contributed by atoms with Crippen molar-refractivity contribution in [1.29, 1.82) is 0 Å². The maximum atomic E-state index is 12.3. The van der Waals surface area contributed by atoms with Gasteiger partial charge in [-0.3, -0.25) is 4.79 Å². The number of benzene rings is 1. The summed E-state index contributed by atoms with van der Waals surface area (Å²) in [6.45, 7) is 11.9. The van der Waals surface area contributed by atoms with Gasteiger partial charge in [0.1, 0.15) is 5.76 Å². The second-order valence-electron chi connectivity index (χ2n) is 5.40. The zero-order valence-electron chi connectivity index (χ0n) is 15.7. The van der Waals surface area contributed by atoms with E-state index in [1.54, 1.807) is 0 Å². The summed E-state index contributed by atoms with van der Waals surface area (Å²) >= 11 is 0. The van der Waals surface area contributed by atoms with Crippen molar-refractivity contribution in [1.82, 2.24) is 5.16 Å². The molecular weight excluding hydrogens is 300 g/mol. The lowest BCUT2D eigenvalue weighted by atomic mass is 9.71. The van der Waals surface area contributed by atoms with Gasteiger partial charge in [-0.15, -0.1) is 0 Å². The van der Waals surface area contributed by atoms with Gasteiger partial charge in [-0.1, -0.05) is 51.1 Å². The van der Waals surface area contributed by atoms with Crippen molar-refractivity contribution in [3.8, 4) is 0 Å². The summed E-state index contributed by atoms with van der Waals surface area (Å²) in [5.41, 5.74) is 2.83. The van der Waals surface area contributed by atoms with Gasteiger partial charge >= 0.3 is 0 Å². The average Bonchev–Trinajstić information content (AvgIpc) is 2.91. The summed E-state index contributed by atoms with van der Waals surface area (Å²) in [7, 11) is 0. The highest BCUT2D eigenvalue weighted by atomic mass is 16.5. The molecule has 2 atom stereocenters. The second-order valence-corrected chi connectivity index (χ2v) is 5.40. The molecule has 1 heterocycles. The molecule has 3 rings (SSSR count). The Kier molecular flexibility index (Phi) is 8.24. The number of hydrogen-bond acceptors (Lipinski definition) is 3. The fraction of sp³-hybridized carbons (Fsp3) is 0.500. The minimum Gasteiger partial charge on any atom is -0.361 e. The Morgan fingerprint density at radius 3 is 2.17 bits per heavy atom. The van der Waals surface area contributed by atoms with Crippen LogP contribution in [-0.4, -0.2) is 11.1 Å². The molecule has 1 saturated carbocycles. The van der Waals surface area contributed by atoms with Crippen molar-refractivity contribution >= 4 is 11.6 Å². The van der Waals surface area contributed by atoms with E-state index in [2.05, 4.69) is 10.5 Å². The molecule has 2 aromatic rings. The Bertz CT molecular complexity index is 620. The van der Waals surface area contributed by atoms with Crippen molar-refractivity contribution in [2.75, 3.05) is 5.32 Å². The number of anilines is 1. The van der Waals surface area contributed by atoms with Gasteiger partial charge in [0.15, 0.2) is 0 Å². The van der Waals surface area contributed by atoms with Crippen LogP contribution in [0, 0.1) is 19.8 Å². The Hall–Kier alpha value is -2.10. The van der Waals surface area contributed by atoms with Crippen LogP contribution >= 0.6 is 0 Å². The van der Waals surface area contributed by atoms with Crippen LogP contribution in [0.25, 0.3) is 0 Å². The minimum absolute atomic E-state index is 0.0127. The van der Waals surface area contributed by atoms with Gasteiger partial charge in [0.25, 0.3) is 0 Å². The molecule has 0 bridgehead atoms. The molecule has 1 aromatic heterocycles. The molecule has 0 radical (unpaired) electrons. The van der Waals surface area contributed by atoms with Gasteiger partial charge in [0.05, 0.1) is 5.69 Å². The maximum Gasteiger partial charge on any atom is 0.228 e.